The van der Waals surface area contributed by atoms with Crippen molar-refractivity contribution in [3.05, 3.63) is 65.4 Å². The molecule has 10 nitrogen and oxygen atoms in total. The number of anilines is 1. The maximum absolute atomic E-state index is 12.5. The zero-order valence-electron chi connectivity index (χ0n) is 21.5. The zero-order valence-corrected chi connectivity index (χ0v) is 21.5. The van der Waals surface area contributed by atoms with Crippen molar-refractivity contribution in [2.24, 2.45) is 0 Å². The summed E-state index contributed by atoms with van der Waals surface area (Å²) in [5, 5.41) is 13.0. The minimum absolute atomic E-state index is 0.0312. The van der Waals surface area contributed by atoms with Crippen molar-refractivity contribution in [3.8, 4) is 5.75 Å². The van der Waals surface area contributed by atoms with Crippen molar-refractivity contribution >= 4 is 40.2 Å². The van der Waals surface area contributed by atoms with Gasteiger partial charge in [-0.25, -0.2) is 9.78 Å². The van der Waals surface area contributed by atoms with E-state index in [2.05, 4.69) is 10.3 Å². The number of nitrogens with zero attached hydrogens (tertiary/aromatic N) is 2. The first-order valence-electron chi connectivity index (χ1n) is 12.6. The van der Waals surface area contributed by atoms with Crippen LogP contribution in [0.4, 0.5) is 5.82 Å². The van der Waals surface area contributed by atoms with Crippen LogP contribution in [0.5, 0.6) is 5.75 Å². The SMILES string of the molecule is CC.Nc1nccc2cc(CC(=O)C(=O)O)c(OCCNC(=O)c3ccc(C(=O)N4CCCC4)cc3)cc12. The van der Waals surface area contributed by atoms with E-state index in [1.54, 1.807) is 47.4 Å². The van der Waals surface area contributed by atoms with Crippen molar-refractivity contribution in [1.82, 2.24) is 15.2 Å². The van der Waals surface area contributed by atoms with Crippen molar-refractivity contribution in [2.45, 2.75) is 33.1 Å². The first-order valence-corrected chi connectivity index (χ1v) is 12.6. The third-order valence-electron chi connectivity index (χ3n) is 6.00. The number of carbonyl (C=O) groups is 4. The summed E-state index contributed by atoms with van der Waals surface area (Å²) in [6.45, 7) is 5.73. The number of hydrogen-bond acceptors (Lipinski definition) is 7. The molecule has 0 aliphatic carbocycles. The van der Waals surface area contributed by atoms with Crippen LogP contribution in [0.3, 0.4) is 0 Å². The van der Waals surface area contributed by atoms with Crippen molar-refractivity contribution < 1.29 is 29.0 Å². The fourth-order valence-electron chi connectivity index (χ4n) is 4.09. The molecule has 0 spiro atoms. The number of carboxylic acids is 1. The highest BCUT2D eigenvalue weighted by molar-refractivity contribution is 6.33. The highest BCUT2D eigenvalue weighted by Crippen LogP contribution is 2.29. The number of benzene rings is 2. The first kappa shape index (κ1) is 28.1. The summed E-state index contributed by atoms with van der Waals surface area (Å²) < 4.78 is 5.78. The number of fused-ring (bicyclic) bond motifs is 1. The zero-order chi connectivity index (χ0) is 27.7. The lowest BCUT2D eigenvalue weighted by Gasteiger charge is -2.15. The second-order valence-electron chi connectivity index (χ2n) is 8.46. The van der Waals surface area contributed by atoms with Crippen LogP contribution in [-0.2, 0) is 16.0 Å². The van der Waals surface area contributed by atoms with Gasteiger partial charge in [0.05, 0.1) is 6.54 Å². The van der Waals surface area contributed by atoms with E-state index in [9.17, 15) is 19.2 Å². The van der Waals surface area contributed by atoms with Gasteiger partial charge in [0.2, 0.25) is 5.78 Å². The Balaban J connectivity index is 0.00000195. The van der Waals surface area contributed by atoms with E-state index in [0.29, 0.717) is 27.5 Å². The second kappa shape index (κ2) is 13.2. The molecule has 0 bridgehead atoms. The van der Waals surface area contributed by atoms with Crippen LogP contribution in [-0.4, -0.2) is 64.8 Å². The number of amides is 2. The maximum atomic E-state index is 12.5. The number of likely N-dealkylation sites (tertiary alicyclic amines) is 1. The molecule has 38 heavy (non-hydrogen) atoms. The lowest BCUT2D eigenvalue weighted by atomic mass is 10.0. The van der Waals surface area contributed by atoms with Gasteiger partial charge in [0, 0.05) is 47.8 Å². The molecule has 1 aliphatic rings. The molecule has 1 aliphatic heterocycles. The Morgan fingerprint density at radius 2 is 1.68 bits per heavy atom. The molecule has 2 aromatic carbocycles. The molecule has 1 fully saturated rings. The molecular formula is C28H32N4O6. The fraction of sp³-hybridized carbons (Fsp3) is 0.321. The summed E-state index contributed by atoms with van der Waals surface area (Å²) in [5.41, 5.74) is 7.29. The van der Waals surface area contributed by atoms with Crippen LogP contribution in [0, 0.1) is 0 Å². The Kier molecular flexibility index (Phi) is 9.75. The Morgan fingerprint density at radius 3 is 2.34 bits per heavy atom. The highest BCUT2D eigenvalue weighted by Gasteiger charge is 2.20. The summed E-state index contributed by atoms with van der Waals surface area (Å²) in [7, 11) is 0. The minimum Gasteiger partial charge on any atom is -0.491 e. The average molecular weight is 521 g/mol. The van der Waals surface area contributed by atoms with Crippen LogP contribution in [0.1, 0.15) is 53.0 Å². The van der Waals surface area contributed by atoms with E-state index < -0.39 is 11.8 Å². The lowest BCUT2D eigenvalue weighted by Crippen LogP contribution is -2.29. The first-order chi connectivity index (χ1) is 18.3. The predicted octanol–water partition coefficient (Wildman–Crippen LogP) is 3.08. The summed E-state index contributed by atoms with van der Waals surface area (Å²) in [5.74, 6) is -2.30. The average Bonchev–Trinajstić information content (AvgIpc) is 3.47. The molecule has 2 heterocycles. The van der Waals surface area contributed by atoms with Crippen molar-refractivity contribution in [3.63, 3.8) is 0 Å². The number of nitrogens with one attached hydrogen (secondary N) is 1. The number of aromatic nitrogens is 1. The van der Waals surface area contributed by atoms with E-state index in [0.717, 1.165) is 25.9 Å². The van der Waals surface area contributed by atoms with Gasteiger partial charge in [0.15, 0.2) is 0 Å². The van der Waals surface area contributed by atoms with Crippen LogP contribution < -0.4 is 15.8 Å². The molecule has 4 rings (SSSR count). The Hall–Kier alpha value is -4.47. The normalized spacial score (nSPS) is 12.4. The molecule has 3 aromatic rings. The molecule has 4 N–H and O–H groups in total. The molecule has 10 heteroatoms. The molecule has 1 saturated heterocycles. The van der Waals surface area contributed by atoms with Gasteiger partial charge in [0.1, 0.15) is 18.2 Å². The lowest BCUT2D eigenvalue weighted by molar-refractivity contribution is -0.148. The number of ketones is 1. The number of nitrogens with two attached hydrogens (primary N) is 1. The van der Waals surface area contributed by atoms with Crippen molar-refractivity contribution in [1.29, 1.82) is 0 Å². The third-order valence-corrected chi connectivity index (χ3v) is 6.00. The van der Waals surface area contributed by atoms with Gasteiger partial charge in [-0.15, -0.1) is 0 Å². The number of aliphatic carboxylic acids is 1. The maximum Gasteiger partial charge on any atom is 0.372 e. The van der Waals surface area contributed by atoms with Gasteiger partial charge in [-0.05, 0) is 60.7 Å². The largest absolute Gasteiger partial charge is 0.491 e. The van der Waals surface area contributed by atoms with E-state index in [1.807, 2.05) is 13.8 Å². The van der Waals surface area contributed by atoms with E-state index in [-0.39, 0.29) is 43.0 Å². The van der Waals surface area contributed by atoms with Crippen LogP contribution in [0.2, 0.25) is 0 Å². The third kappa shape index (κ3) is 6.84. The molecule has 1 aromatic heterocycles. The number of nitrogen functional groups attached to an aromatic ring is 1. The molecule has 0 unspecified atom stereocenters. The van der Waals surface area contributed by atoms with Crippen LogP contribution in [0.25, 0.3) is 10.8 Å². The second-order valence-corrected chi connectivity index (χ2v) is 8.46. The number of rotatable bonds is 9. The van der Waals surface area contributed by atoms with Gasteiger partial charge in [-0.2, -0.15) is 0 Å². The van der Waals surface area contributed by atoms with E-state index in [1.165, 1.54) is 6.20 Å². The Morgan fingerprint density at radius 1 is 1.03 bits per heavy atom. The van der Waals surface area contributed by atoms with E-state index >= 15 is 0 Å². The van der Waals surface area contributed by atoms with Gasteiger partial charge >= 0.3 is 5.97 Å². The fourth-order valence-corrected chi connectivity index (χ4v) is 4.09. The monoisotopic (exact) mass is 520 g/mol. The van der Waals surface area contributed by atoms with Gasteiger partial charge in [-0.3, -0.25) is 14.4 Å². The molecule has 2 amide bonds. The number of pyridine rings is 1. The number of carbonyl (C=O) groups excluding carboxylic acids is 3. The highest BCUT2D eigenvalue weighted by atomic mass is 16.5. The number of carboxylic acid groups (broad SMARTS) is 1. The van der Waals surface area contributed by atoms with E-state index in [4.69, 9.17) is 15.6 Å². The Labute approximate surface area is 220 Å². The summed E-state index contributed by atoms with van der Waals surface area (Å²) >= 11 is 0. The quantitative estimate of drug-likeness (QED) is 0.288. The minimum atomic E-state index is -1.53. The number of hydrogen-bond donors (Lipinski definition) is 3. The topological polar surface area (TPSA) is 152 Å². The van der Waals surface area contributed by atoms with Crippen molar-refractivity contribution in [2.75, 3.05) is 32.0 Å². The predicted molar refractivity (Wildman–Crippen MR) is 143 cm³/mol. The van der Waals surface area contributed by atoms with Crippen LogP contribution >= 0.6 is 0 Å². The standard InChI is InChI=1S/C26H26N4O6.C2H6/c27-23-20-15-22(19(14-21(31)26(34)35)13-18(20)7-8-28-23)36-12-9-29-24(32)16-3-5-17(6-4-16)25(33)30-10-1-2-11-30;1-2/h3-8,13,15H,1-2,9-12,14H2,(H2,27,28)(H,29,32)(H,34,35);1-2H3. The summed E-state index contributed by atoms with van der Waals surface area (Å²) in [6, 6.07) is 11.5. The number of ether oxygens (including phenoxy) is 1. The molecule has 0 saturated carbocycles. The molecular weight excluding hydrogens is 488 g/mol. The molecule has 200 valence electrons. The molecule has 0 radical (unpaired) electrons. The van der Waals surface area contributed by atoms with Gasteiger partial charge in [0.25, 0.3) is 11.8 Å². The number of Topliss-reactive ketones (excluding diaryl/α,β-unsaturated/α-hetero) is 1. The van der Waals surface area contributed by atoms with Gasteiger partial charge < -0.3 is 25.8 Å². The molecule has 0 atom stereocenters. The smallest absolute Gasteiger partial charge is 0.372 e. The summed E-state index contributed by atoms with van der Waals surface area (Å²) in [4.78, 5) is 53.7. The summed E-state index contributed by atoms with van der Waals surface area (Å²) in [6.07, 6.45) is 3.19. The van der Waals surface area contributed by atoms with Gasteiger partial charge in [-0.1, -0.05) is 13.8 Å². The van der Waals surface area contributed by atoms with Crippen LogP contribution in [0.15, 0.2) is 48.7 Å². The Bertz CT molecular complexity index is 1320.